The number of thiazole rings is 1. The molecule has 0 N–H and O–H groups in total. The number of carbonyl (C=O) groups excluding carboxylic acids is 1. The van der Waals surface area contributed by atoms with Crippen molar-refractivity contribution in [3.8, 4) is 0 Å². The molecule has 6 nitrogen and oxygen atoms in total. The van der Waals surface area contributed by atoms with E-state index in [9.17, 15) is 9.59 Å². The van der Waals surface area contributed by atoms with Gasteiger partial charge in [0, 0.05) is 10.6 Å². The van der Waals surface area contributed by atoms with E-state index in [2.05, 4.69) is 10.1 Å². The molecule has 0 unspecified atom stereocenters. The minimum absolute atomic E-state index is 0.217. The number of nitrogens with zero attached hydrogens (tertiary/aromatic N) is 3. The fourth-order valence-corrected chi connectivity index (χ4v) is 4.56. The van der Waals surface area contributed by atoms with E-state index in [1.54, 1.807) is 48.5 Å². The van der Waals surface area contributed by atoms with Gasteiger partial charge in [0.2, 0.25) is 10.6 Å². The molecule has 3 aromatic carbocycles. The molecule has 162 valence electrons. The summed E-state index contributed by atoms with van der Waals surface area (Å²) in [6.45, 7) is 1.99. The van der Waals surface area contributed by atoms with Gasteiger partial charge in [0.15, 0.2) is 0 Å². The number of fused-ring (bicyclic) bond motifs is 2. The maximum absolute atomic E-state index is 13.4. The van der Waals surface area contributed by atoms with Crippen LogP contribution in [0.15, 0.2) is 87.3 Å². The second-order valence-corrected chi connectivity index (χ2v) is 8.80. The van der Waals surface area contributed by atoms with Crippen LogP contribution in [-0.4, -0.2) is 17.1 Å². The van der Waals surface area contributed by atoms with E-state index < -0.39 is 5.91 Å². The Kier molecular flexibility index (Phi) is 5.50. The Hall–Kier alpha value is -3.81. The molecule has 5 aromatic rings. The van der Waals surface area contributed by atoms with Crippen LogP contribution >= 0.6 is 22.9 Å². The lowest BCUT2D eigenvalue weighted by molar-refractivity contribution is 0.0988. The number of aromatic nitrogens is 1. The molecule has 0 fully saturated rings. The van der Waals surface area contributed by atoms with Crippen LogP contribution < -0.4 is 10.4 Å². The number of benzene rings is 3. The molecule has 1 amide bonds. The van der Waals surface area contributed by atoms with Gasteiger partial charge in [-0.05, 0) is 55.0 Å². The molecule has 0 saturated heterocycles. The van der Waals surface area contributed by atoms with Gasteiger partial charge in [-0.2, -0.15) is 10.1 Å². The van der Waals surface area contributed by atoms with Crippen molar-refractivity contribution in [1.29, 1.82) is 0 Å². The Morgan fingerprint density at radius 1 is 1.12 bits per heavy atom. The van der Waals surface area contributed by atoms with Crippen molar-refractivity contribution in [2.75, 3.05) is 5.01 Å². The maximum atomic E-state index is 13.4. The van der Waals surface area contributed by atoms with Gasteiger partial charge in [-0.1, -0.05) is 47.2 Å². The zero-order valence-corrected chi connectivity index (χ0v) is 18.9. The van der Waals surface area contributed by atoms with Crippen molar-refractivity contribution in [3.63, 3.8) is 0 Å². The largest absolute Gasteiger partial charge is 0.463 e. The number of aryl methyl sites for hydroxylation is 1. The predicted molar refractivity (Wildman–Crippen MR) is 133 cm³/mol. The van der Waals surface area contributed by atoms with Gasteiger partial charge in [0.05, 0.1) is 27.4 Å². The molecule has 0 saturated carbocycles. The number of anilines is 1. The average Bonchev–Trinajstić information content (AvgIpc) is 3.23. The third-order valence-electron chi connectivity index (χ3n) is 5.00. The second-order valence-electron chi connectivity index (χ2n) is 7.36. The number of halogens is 1. The van der Waals surface area contributed by atoms with Gasteiger partial charge in [-0.15, -0.1) is 0 Å². The van der Waals surface area contributed by atoms with Crippen LogP contribution in [0, 0.1) is 6.92 Å². The molecule has 0 atom stereocenters. The summed E-state index contributed by atoms with van der Waals surface area (Å²) >= 11 is 7.43. The predicted octanol–water partition coefficient (Wildman–Crippen LogP) is 6.05. The molecule has 2 heterocycles. The van der Waals surface area contributed by atoms with Gasteiger partial charge in [-0.25, -0.2) is 4.98 Å². The normalized spacial score (nSPS) is 11.5. The fraction of sp³-hybridized carbons (Fsp3) is 0.0400. The molecule has 33 heavy (non-hydrogen) atoms. The summed E-state index contributed by atoms with van der Waals surface area (Å²) in [5.74, 6) is -0.422. The zero-order valence-electron chi connectivity index (χ0n) is 17.4. The van der Waals surface area contributed by atoms with Crippen LogP contribution in [0.1, 0.15) is 21.5 Å². The van der Waals surface area contributed by atoms with Gasteiger partial charge >= 0.3 is 0 Å². The van der Waals surface area contributed by atoms with E-state index in [1.807, 2.05) is 25.1 Å². The number of para-hydroxylation sites is 1. The highest BCUT2D eigenvalue weighted by Gasteiger charge is 2.21. The number of hydrazone groups is 1. The highest BCUT2D eigenvalue weighted by Crippen LogP contribution is 2.31. The number of hydrogen-bond acceptors (Lipinski definition) is 6. The van der Waals surface area contributed by atoms with Gasteiger partial charge in [0.1, 0.15) is 11.8 Å². The van der Waals surface area contributed by atoms with E-state index in [-0.39, 0.29) is 11.0 Å². The van der Waals surface area contributed by atoms with Gasteiger partial charge in [0.25, 0.3) is 5.91 Å². The van der Waals surface area contributed by atoms with Crippen LogP contribution in [0.4, 0.5) is 5.13 Å². The topological polar surface area (TPSA) is 75.8 Å². The number of hydrogen-bond donors (Lipinski definition) is 0. The van der Waals surface area contributed by atoms with Crippen LogP contribution in [0.25, 0.3) is 21.2 Å². The highest BCUT2D eigenvalue weighted by molar-refractivity contribution is 7.22. The first-order valence-electron chi connectivity index (χ1n) is 10.0. The summed E-state index contributed by atoms with van der Waals surface area (Å²) in [6.07, 6.45) is 2.65. The minimum Gasteiger partial charge on any atom is -0.463 e. The van der Waals surface area contributed by atoms with E-state index in [1.165, 1.54) is 28.8 Å². The van der Waals surface area contributed by atoms with Crippen molar-refractivity contribution in [2.24, 2.45) is 5.10 Å². The van der Waals surface area contributed by atoms with E-state index in [4.69, 9.17) is 16.0 Å². The highest BCUT2D eigenvalue weighted by atomic mass is 35.5. The molecule has 0 aliphatic heterocycles. The van der Waals surface area contributed by atoms with Crippen molar-refractivity contribution in [3.05, 3.63) is 105 Å². The summed E-state index contributed by atoms with van der Waals surface area (Å²) in [5, 5.41) is 6.78. The van der Waals surface area contributed by atoms with E-state index in [0.29, 0.717) is 26.7 Å². The molecule has 0 aliphatic rings. The number of amides is 1. The summed E-state index contributed by atoms with van der Waals surface area (Å²) in [5.41, 5.74) is 2.64. The average molecular weight is 474 g/mol. The molecular formula is C25H16ClN3O3S. The van der Waals surface area contributed by atoms with Crippen LogP contribution in [0.5, 0.6) is 0 Å². The Morgan fingerprint density at radius 3 is 2.82 bits per heavy atom. The molecule has 0 aliphatic carbocycles. The second kappa shape index (κ2) is 8.61. The van der Waals surface area contributed by atoms with E-state index >= 15 is 0 Å². The summed E-state index contributed by atoms with van der Waals surface area (Å²) in [7, 11) is 0. The number of carbonyl (C=O) groups is 1. The fourth-order valence-electron chi connectivity index (χ4n) is 3.34. The minimum atomic E-state index is -0.422. The number of rotatable bonds is 4. The van der Waals surface area contributed by atoms with Crippen molar-refractivity contribution in [1.82, 2.24) is 4.98 Å². The lowest BCUT2D eigenvalue weighted by Crippen LogP contribution is -2.26. The van der Waals surface area contributed by atoms with Gasteiger partial charge in [-0.3, -0.25) is 9.59 Å². The smallest absolute Gasteiger partial charge is 0.280 e. The van der Waals surface area contributed by atoms with Crippen LogP contribution in [0.3, 0.4) is 0 Å². The Bertz CT molecular complexity index is 1610. The molecule has 2 aromatic heterocycles. The van der Waals surface area contributed by atoms with Crippen molar-refractivity contribution in [2.45, 2.75) is 6.92 Å². The third-order valence-corrected chi connectivity index (χ3v) is 6.23. The molecule has 0 bridgehead atoms. The lowest BCUT2D eigenvalue weighted by atomic mass is 10.2. The summed E-state index contributed by atoms with van der Waals surface area (Å²) < 4.78 is 6.48. The molecular weight excluding hydrogens is 458 g/mol. The first-order chi connectivity index (χ1) is 16.0. The maximum Gasteiger partial charge on any atom is 0.280 e. The molecule has 0 radical (unpaired) electrons. The van der Waals surface area contributed by atoms with E-state index in [0.717, 1.165) is 15.8 Å². The Labute approximate surface area is 197 Å². The summed E-state index contributed by atoms with van der Waals surface area (Å²) in [6, 6.07) is 19.4. The van der Waals surface area contributed by atoms with Crippen molar-refractivity contribution < 1.29 is 9.21 Å². The van der Waals surface area contributed by atoms with Crippen LogP contribution in [-0.2, 0) is 0 Å². The quantitative estimate of drug-likeness (QED) is 0.235. The molecule has 8 heteroatoms. The Balaban J connectivity index is 1.61. The third kappa shape index (κ3) is 4.16. The van der Waals surface area contributed by atoms with Crippen LogP contribution in [0.2, 0.25) is 5.02 Å². The van der Waals surface area contributed by atoms with Crippen molar-refractivity contribution >= 4 is 61.4 Å². The summed E-state index contributed by atoms with van der Waals surface area (Å²) in [4.78, 5) is 30.8. The molecule has 5 rings (SSSR count). The first kappa shape index (κ1) is 21.1. The van der Waals surface area contributed by atoms with Gasteiger partial charge < -0.3 is 4.42 Å². The lowest BCUT2D eigenvalue weighted by Gasteiger charge is -2.14. The monoisotopic (exact) mass is 473 g/mol. The molecule has 0 spiro atoms. The first-order valence-corrected chi connectivity index (χ1v) is 11.2. The standard InChI is InChI=1S/C25H16ClN3O3S/c1-15-9-10-20-22(11-15)33-25(28-20)29(24(31)16-5-4-6-18(26)12-16)27-13-17-14-32-21-8-3-2-7-19(21)23(17)30/h2-14H,1H3/b27-13+. The SMILES string of the molecule is Cc1ccc2nc(N(/N=C/c3coc4ccccc4c3=O)C(=O)c3cccc(Cl)c3)sc2c1. The zero-order chi connectivity index (χ0) is 22.9. The Morgan fingerprint density at radius 2 is 1.97 bits per heavy atom.